The summed E-state index contributed by atoms with van der Waals surface area (Å²) in [4.78, 5) is 1.89. The standard InChI is InChI=1S/C10H11BrN2/c1-13(2)10(7-12)8-3-5-9(11)6-4-8/h3-6,10H,1-2H3. The predicted octanol–water partition coefficient (Wildman–Crippen LogP) is 2.58. The summed E-state index contributed by atoms with van der Waals surface area (Å²) in [6, 6.07) is 9.90. The normalized spacial score (nSPS) is 12.5. The Balaban J connectivity index is 2.94. The van der Waals surface area contributed by atoms with Crippen LogP contribution in [0.3, 0.4) is 0 Å². The minimum atomic E-state index is -0.159. The lowest BCUT2D eigenvalue weighted by Crippen LogP contribution is -2.17. The molecule has 2 nitrogen and oxygen atoms in total. The average molecular weight is 239 g/mol. The zero-order valence-corrected chi connectivity index (χ0v) is 9.25. The highest BCUT2D eigenvalue weighted by molar-refractivity contribution is 9.10. The van der Waals surface area contributed by atoms with Gasteiger partial charge in [0.25, 0.3) is 0 Å². The maximum atomic E-state index is 8.92. The van der Waals surface area contributed by atoms with Crippen molar-refractivity contribution in [1.82, 2.24) is 4.90 Å². The van der Waals surface area contributed by atoms with Crippen LogP contribution in [0.15, 0.2) is 28.7 Å². The first-order valence-corrected chi connectivity index (χ1v) is 4.76. The largest absolute Gasteiger partial charge is 0.291 e. The summed E-state index contributed by atoms with van der Waals surface area (Å²) < 4.78 is 1.03. The third kappa shape index (κ3) is 2.55. The van der Waals surface area contributed by atoms with Crippen LogP contribution in [0.4, 0.5) is 0 Å². The second kappa shape index (κ2) is 4.40. The number of nitrogens with zero attached hydrogens (tertiary/aromatic N) is 2. The van der Waals surface area contributed by atoms with Crippen LogP contribution in [0, 0.1) is 11.3 Å². The average Bonchev–Trinajstić information content (AvgIpc) is 2.09. The lowest BCUT2D eigenvalue weighted by molar-refractivity contribution is 0.358. The number of benzene rings is 1. The molecule has 1 rings (SSSR count). The van der Waals surface area contributed by atoms with Gasteiger partial charge in [0, 0.05) is 4.47 Å². The first-order valence-electron chi connectivity index (χ1n) is 3.96. The van der Waals surface area contributed by atoms with Crippen LogP contribution >= 0.6 is 15.9 Å². The zero-order valence-electron chi connectivity index (χ0n) is 7.66. The lowest BCUT2D eigenvalue weighted by Gasteiger charge is -2.17. The van der Waals surface area contributed by atoms with Crippen LogP contribution in [0.5, 0.6) is 0 Å². The summed E-state index contributed by atoms with van der Waals surface area (Å²) in [5, 5.41) is 8.92. The molecule has 0 bridgehead atoms. The highest BCUT2D eigenvalue weighted by Gasteiger charge is 2.11. The van der Waals surface area contributed by atoms with Gasteiger partial charge in [-0.1, -0.05) is 28.1 Å². The van der Waals surface area contributed by atoms with E-state index in [1.165, 1.54) is 0 Å². The number of hydrogen-bond acceptors (Lipinski definition) is 2. The Kier molecular flexibility index (Phi) is 3.47. The smallest absolute Gasteiger partial charge is 0.123 e. The summed E-state index contributed by atoms with van der Waals surface area (Å²) in [6.07, 6.45) is 0. The van der Waals surface area contributed by atoms with Crippen molar-refractivity contribution < 1.29 is 0 Å². The molecule has 0 aliphatic carbocycles. The highest BCUT2D eigenvalue weighted by atomic mass is 79.9. The molecule has 13 heavy (non-hydrogen) atoms. The van der Waals surface area contributed by atoms with Gasteiger partial charge >= 0.3 is 0 Å². The van der Waals surface area contributed by atoms with Crippen molar-refractivity contribution in [3.8, 4) is 6.07 Å². The van der Waals surface area contributed by atoms with Crippen molar-refractivity contribution >= 4 is 15.9 Å². The van der Waals surface area contributed by atoms with E-state index in [1.807, 2.05) is 43.3 Å². The number of hydrogen-bond donors (Lipinski definition) is 0. The molecule has 0 spiro atoms. The molecule has 0 fully saturated rings. The Morgan fingerprint density at radius 3 is 2.23 bits per heavy atom. The van der Waals surface area contributed by atoms with Crippen molar-refractivity contribution in [1.29, 1.82) is 5.26 Å². The second-order valence-corrected chi connectivity index (χ2v) is 3.96. The molecule has 0 heterocycles. The fourth-order valence-electron chi connectivity index (χ4n) is 1.13. The van der Waals surface area contributed by atoms with E-state index in [1.54, 1.807) is 0 Å². The minimum absolute atomic E-state index is 0.159. The molecule has 0 N–H and O–H groups in total. The topological polar surface area (TPSA) is 27.0 Å². The van der Waals surface area contributed by atoms with Gasteiger partial charge in [0.1, 0.15) is 6.04 Å². The van der Waals surface area contributed by atoms with Gasteiger partial charge in [0.2, 0.25) is 0 Å². The van der Waals surface area contributed by atoms with Crippen LogP contribution in [-0.2, 0) is 0 Å². The second-order valence-electron chi connectivity index (χ2n) is 3.05. The maximum Gasteiger partial charge on any atom is 0.123 e. The van der Waals surface area contributed by atoms with Crippen molar-refractivity contribution in [2.75, 3.05) is 14.1 Å². The van der Waals surface area contributed by atoms with Crippen LogP contribution in [-0.4, -0.2) is 19.0 Å². The van der Waals surface area contributed by atoms with Crippen molar-refractivity contribution in [2.24, 2.45) is 0 Å². The molecule has 0 aromatic heterocycles. The summed E-state index contributed by atoms with van der Waals surface area (Å²) in [5.41, 5.74) is 1.02. The fourth-order valence-corrected chi connectivity index (χ4v) is 1.40. The molecule has 1 aromatic carbocycles. The maximum absolute atomic E-state index is 8.92. The van der Waals surface area contributed by atoms with E-state index in [4.69, 9.17) is 5.26 Å². The number of halogens is 1. The zero-order chi connectivity index (χ0) is 9.84. The third-order valence-electron chi connectivity index (χ3n) is 1.82. The molecule has 3 heteroatoms. The van der Waals surface area contributed by atoms with Crippen molar-refractivity contribution in [2.45, 2.75) is 6.04 Å². The third-order valence-corrected chi connectivity index (χ3v) is 2.35. The molecule has 0 aliphatic heterocycles. The molecule has 0 radical (unpaired) electrons. The summed E-state index contributed by atoms with van der Waals surface area (Å²) in [7, 11) is 3.80. The summed E-state index contributed by atoms with van der Waals surface area (Å²) in [5.74, 6) is 0. The van der Waals surface area contributed by atoms with Crippen LogP contribution in [0.1, 0.15) is 11.6 Å². The first-order chi connectivity index (χ1) is 6.15. The predicted molar refractivity (Wildman–Crippen MR) is 56.2 cm³/mol. The Hall–Kier alpha value is -0.850. The Morgan fingerprint density at radius 1 is 1.31 bits per heavy atom. The van der Waals surface area contributed by atoms with E-state index in [-0.39, 0.29) is 6.04 Å². The van der Waals surface area contributed by atoms with Gasteiger partial charge in [0.05, 0.1) is 6.07 Å². The van der Waals surface area contributed by atoms with E-state index in [0.29, 0.717) is 0 Å². The minimum Gasteiger partial charge on any atom is -0.291 e. The summed E-state index contributed by atoms with van der Waals surface area (Å²) in [6.45, 7) is 0. The van der Waals surface area contributed by atoms with E-state index < -0.39 is 0 Å². The molecular weight excluding hydrogens is 228 g/mol. The lowest BCUT2D eigenvalue weighted by atomic mass is 10.1. The van der Waals surface area contributed by atoms with Crippen molar-refractivity contribution in [3.63, 3.8) is 0 Å². The van der Waals surface area contributed by atoms with Crippen LogP contribution < -0.4 is 0 Å². The van der Waals surface area contributed by atoms with Gasteiger partial charge in [-0.3, -0.25) is 4.90 Å². The van der Waals surface area contributed by atoms with E-state index >= 15 is 0 Å². The molecule has 1 atom stereocenters. The fraction of sp³-hybridized carbons (Fsp3) is 0.300. The van der Waals surface area contributed by atoms with Gasteiger partial charge in [-0.2, -0.15) is 5.26 Å². The molecular formula is C10H11BrN2. The van der Waals surface area contributed by atoms with E-state index in [0.717, 1.165) is 10.0 Å². The van der Waals surface area contributed by atoms with E-state index in [9.17, 15) is 0 Å². The van der Waals surface area contributed by atoms with Gasteiger partial charge in [-0.05, 0) is 31.8 Å². The Morgan fingerprint density at radius 2 is 1.85 bits per heavy atom. The molecule has 0 saturated carbocycles. The Labute approximate surface area is 86.9 Å². The van der Waals surface area contributed by atoms with Crippen LogP contribution in [0.25, 0.3) is 0 Å². The van der Waals surface area contributed by atoms with Gasteiger partial charge < -0.3 is 0 Å². The first kappa shape index (κ1) is 10.2. The SMILES string of the molecule is CN(C)C(C#N)c1ccc(Br)cc1. The molecule has 68 valence electrons. The van der Waals surface area contributed by atoms with E-state index in [2.05, 4.69) is 22.0 Å². The highest BCUT2D eigenvalue weighted by Crippen LogP contribution is 2.19. The Bertz CT molecular complexity index is 311. The van der Waals surface area contributed by atoms with Gasteiger partial charge in [0.15, 0.2) is 0 Å². The monoisotopic (exact) mass is 238 g/mol. The van der Waals surface area contributed by atoms with Gasteiger partial charge in [-0.15, -0.1) is 0 Å². The molecule has 0 aliphatic rings. The molecule has 0 saturated heterocycles. The molecule has 1 aromatic rings. The molecule has 1 unspecified atom stereocenters. The van der Waals surface area contributed by atoms with Crippen LogP contribution in [0.2, 0.25) is 0 Å². The number of nitriles is 1. The van der Waals surface area contributed by atoms with Gasteiger partial charge in [-0.25, -0.2) is 0 Å². The summed E-state index contributed by atoms with van der Waals surface area (Å²) >= 11 is 3.36. The quantitative estimate of drug-likeness (QED) is 0.793. The number of rotatable bonds is 2. The molecule has 0 amide bonds. The van der Waals surface area contributed by atoms with Crippen molar-refractivity contribution in [3.05, 3.63) is 34.3 Å².